The van der Waals surface area contributed by atoms with Crippen molar-refractivity contribution >= 4 is 46.2 Å². The quantitative estimate of drug-likeness (QED) is 0.300. The van der Waals surface area contributed by atoms with Crippen LogP contribution in [0.3, 0.4) is 0 Å². The van der Waals surface area contributed by atoms with Crippen molar-refractivity contribution in [3.63, 3.8) is 0 Å². The predicted molar refractivity (Wildman–Crippen MR) is 150 cm³/mol. The van der Waals surface area contributed by atoms with E-state index in [0.29, 0.717) is 50.9 Å². The van der Waals surface area contributed by atoms with E-state index in [2.05, 4.69) is 15.3 Å². The third-order valence-electron chi connectivity index (χ3n) is 7.72. The molecule has 2 aliphatic carbocycles. The van der Waals surface area contributed by atoms with Crippen LogP contribution in [0.1, 0.15) is 47.5 Å². The monoisotopic (exact) mass is 548 g/mol. The van der Waals surface area contributed by atoms with Crippen LogP contribution in [0.15, 0.2) is 52.2 Å². The molecule has 3 heterocycles. The van der Waals surface area contributed by atoms with Gasteiger partial charge in [-0.3, -0.25) is 14.5 Å². The highest BCUT2D eigenvalue weighted by atomic mass is 32.2. The summed E-state index contributed by atoms with van der Waals surface area (Å²) in [6, 6.07) is 9.25. The molecule has 1 aliphatic heterocycles. The number of furan rings is 1. The lowest BCUT2D eigenvalue weighted by Crippen LogP contribution is -2.41. The molecule has 2 amide bonds. The SMILES string of the molecule is COc1ccc(-c2ccc(/C=C3\SC(=S)N(C4CC5CCC4C5)C3=O)o2)cc1C(=O)NCCc1cnc[nH]1. The Morgan fingerprint density at radius 2 is 2.21 bits per heavy atom. The molecule has 0 radical (unpaired) electrons. The zero-order chi connectivity index (χ0) is 26.2. The number of aromatic amines is 1. The maximum Gasteiger partial charge on any atom is 0.266 e. The molecule has 10 heteroatoms. The van der Waals surface area contributed by atoms with Crippen molar-refractivity contribution in [1.82, 2.24) is 20.2 Å². The summed E-state index contributed by atoms with van der Waals surface area (Å²) < 4.78 is 12.1. The zero-order valence-corrected chi connectivity index (χ0v) is 22.6. The van der Waals surface area contributed by atoms with Crippen LogP contribution in [-0.4, -0.2) is 50.7 Å². The van der Waals surface area contributed by atoms with Gasteiger partial charge in [0.2, 0.25) is 0 Å². The highest BCUT2D eigenvalue weighted by molar-refractivity contribution is 8.26. The number of benzene rings is 1. The fraction of sp³-hybridized carbons (Fsp3) is 0.357. The highest BCUT2D eigenvalue weighted by Crippen LogP contribution is 2.49. The van der Waals surface area contributed by atoms with E-state index in [0.717, 1.165) is 23.6 Å². The molecular formula is C28H28N4O4S2. The van der Waals surface area contributed by atoms with Gasteiger partial charge in [-0.2, -0.15) is 0 Å². The molecule has 2 N–H and O–H groups in total. The van der Waals surface area contributed by atoms with Gasteiger partial charge in [0, 0.05) is 42.5 Å². The van der Waals surface area contributed by atoms with E-state index >= 15 is 0 Å². The number of nitrogens with zero attached hydrogens (tertiary/aromatic N) is 2. The maximum absolute atomic E-state index is 13.3. The van der Waals surface area contributed by atoms with Gasteiger partial charge in [-0.05, 0) is 61.4 Å². The van der Waals surface area contributed by atoms with Crippen molar-refractivity contribution < 1.29 is 18.7 Å². The molecule has 0 spiro atoms. The molecule has 2 aromatic heterocycles. The minimum Gasteiger partial charge on any atom is -0.496 e. The first-order chi connectivity index (χ1) is 18.5. The maximum atomic E-state index is 13.3. The van der Waals surface area contributed by atoms with Crippen LogP contribution in [0.2, 0.25) is 0 Å². The van der Waals surface area contributed by atoms with Gasteiger partial charge in [-0.15, -0.1) is 0 Å². The molecule has 1 aromatic carbocycles. The molecule has 1 saturated heterocycles. The van der Waals surface area contributed by atoms with Crippen LogP contribution >= 0.6 is 24.0 Å². The lowest BCUT2D eigenvalue weighted by molar-refractivity contribution is -0.124. The number of thioether (sulfide) groups is 1. The molecule has 3 aromatic rings. The number of fused-ring (bicyclic) bond motifs is 2. The Labute approximate surface area is 230 Å². The molecule has 3 atom stereocenters. The number of imidazole rings is 1. The Bertz CT molecular complexity index is 1410. The van der Waals surface area contributed by atoms with Gasteiger partial charge >= 0.3 is 0 Å². The average Bonchev–Trinajstić information content (AvgIpc) is 3.75. The van der Waals surface area contributed by atoms with E-state index < -0.39 is 0 Å². The van der Waals surface area contributed by atoms with Gasteiger partial charge in [-0.1, -0.05) is 30.4 Å². The first-order valence-electron chi connectivity index (χ1n) is 12.8. The first kappa shape index (κ1) is 24.9. The highest BCUT2D eigenvalue weighted by Gasteiger charge is 2.48. The Morgan fingerprint density at radius 3 is 2.95 bits per heavy atom. The van der Waals surface area contributed by atoms with Crippen LogP contribution in [0.25, 0.3) is 17.4 Å². The molecule has 8 nitrogen and oxygen atoms in total. The van der Waals surface area contributed by atoms with Crippen molar-refractivity contribution in [3.8, 4) is 17.1 Å². The summed E-state index contributed by atoms with van der Waals surface area (Å²) >= 11 is 6.95. The number of methoxy groups -OCH3 is 1. The largest absolute Gasteiger partial charge is 0.496 e. The minimum absolute atomic E-state index is 0.0194. The molecule has 2 saturated carbocycles. The van der Waals surface area contributed by atoms with Gasteiger partial charge in [0.25, 0.3) is 11.8 Å². The van der Waals surface area contributed by atoms with Crippen molar-refractivity contribution in [2.24, 2.45) is 11.8 Å². The summed E-state index contributed by atoms with van der Waals surface area (Å²) in [4.78, 5) is 35.6. The van der Waals surface area contributed by atoms with Crippen LogP contribution in [0.4, 0.5) is 0 Å². The number of carbonyl (C=O) groups excluding carboxylic acids is 2. The fourth-order valence-electron chi connectivity index (χ4n) is 5.87. The van der Waals surface area contributed by atoms with Crippen LogP contribution in [0.5, 0.6) is 5.75 Å². The second kappa shape index (κ2) is 10.4. The van der Waals surface area contributed by atoms with E-state index in [1.807, 2.05) is 23.1 Å². The average molecular weight is 549 g/mol. The number of thiocarbonyl (C=S) groups is 1. The third-order valence-corrected chi connectivity index (χ3v) is 9.05. The number of ether oxygens (including phenoxy) is 1. The van der Waals surface area contributed by atoms with Crippen molar-refractivity contribution in [2.75, 3.05) is 13.7 Å². The number of amides is 2. The Balaban J connectivity index is 1.17. The van der Waals surface area contributed by atoms with Crippen LogP contribution in [0, 0.1) is 11.8 Å². The third kappa shape index (κ3) is 4.78. The lowest BCUT2D eigenvalue weighted by atomic mass is 9.94. The summed E-state index contributed by atoms with van der Waals surface area (Å²) in [5.41, 5.74) is 2.10. The minimum atomic E-state index is -0.237. The summed E-state index contributed by atoms with van der Waals surface area (Å²) in [6.07, 6.45) is 10.5. The summed E-state index contributed by atoms with van der Waals surface area (Å²) in [6.45, 7) is 0.458. The number of hydrogen-bond acceptors (Lipinski definition) is 7. The summed E-state index contributed by atoms with van der Waals surface area (Å²) in [5.74, 6) is 2.68. The fourth-order valence-corrected chi connectivity index (χ4v) is 7.23. The number of hydrogen-bond donors (Lipinski definition) is 2. The van der Waals surface area contributed by atoms with E-state index in [-0.39, 0.29) is 17.9 Å². The van der Waals surface area contributed by atoms with Crippen LogP contribution < -0.4 is 10.1 Å². The summed E-state index contributed by atoms with van der Waals surface area (Å²) in [7, 11) is 1.54. The topological polar surface area (TPSA) is 100 Å². The number of H-pyrrole nitrogens is 1. The van der Waals surface area contributed by atoms with Gasteiger partial charge < -0.3 is 19.5 Å². The first-order valence-corrected chi connectivity index (χ1v) is 14.0. The van der Waals surface area contributed by atoms with Crippen molar-refractivity contribution in [3.05, 3.63) is 64.8 Å². The molecule has 3 fully saturated rings. The van der Waals surface area contributed by atoms with E-state index in [9.17, 15) is 9.59 Å². The Kier molecular flexibility index (Phi) is 6.84. The molecule has 2 bridgehead atoms. The molecular weight excluding hydrogens is 520 g/mol. The van der Waals surface area contributed by atoms with E-state index in [4.69, 9.17) is 21.4 Å². The standard InChI is InChI=1S/C28H28N4O4S2/c1-35-24-6-4-18(12-21(24)26(33)30-9-8-19-14-29-15-31-19)23-7-5-20(36-23)13-25-27(34)32(28(37)38-25)22-11-16-2-3-17(22)10-16/h4-7,12-17,22H,2-3,8-11H2,1H3,(H,29,31)(H,30,33)/b25-13-. The molecule has 6 rings (SSSR count). The summed E-state index contributed by atoms with van der Waals surface area (Å²) in [5, 5.41) is 2.93. The number of rotatable bonds is 8. The van der Waals surface area contributed by atoms with Crippen molar-refractivity contribution in [2.45, 2.75) is 38.1 Å². The predicted octanol–water partition coefficient (Wildman–Crippen LogP) is 5.04. The van der Waals surface area contributed by atoms with Gasteiger partial charge in [-0.25, -0.2) is 4.98 Å². The normalized spacial score (nSPS) is 23.6. The Hall–Kier alpha value is -3.37. The molecule has 3 unspecified atom stereocenters. The number of aromatic nitrogens is 2. The second-order valence-electron chi connectivity index (χ2n) is 9.99. The zero-order valence-electron chi connectivity index (χ0n) is 20.9. The molecule has 3 aliphatic rings. The van der Waals surface area contributed by atoms with Gasteiger partial charge in [0.05, 0.1) is 23.9 Å². The Morgan fingerprint density at radius 1 is 1.32 bits per heavy atom. The van der Waals surface area contributed by atoms with Crippen molar-refractivity contribution in [1.29, 1.82) is 0 Å². The van der Waals surface area contributed by atoms with Gasteiger partial charge in [0.15, 0.2) is 0 Å². The van der Waals surface area contributed by atoms with Crippen LogP contribution in [-0.2, 0) is 11.2 Å². The molecule has 38 heavy (non-hydrogen) atoms. The second-order valence-corrected chi connectivity index (χ2v) is 11.7. The van der Waals surface area contributed by atoms with E-state index in [1.165, 1.54) is 38.1 Å². The van der Waals surface area contributed by atoms with Gasteiger partial charge in [0.1, 0.15) is 21.6 Å². The smallest absolute Gasteiger partial charge is 0.266 e. The molecule has 196 valence electrons. The number of nitrogens with one attached hydrogen (secondary N) is 2. The number of carbonyl (C=O) groups is 2. The van der Waals surface area contributed by atoms with E-state index in [1.54, 1.807) is 30.7 Å². The lowest BCUT2D eigenvalue weighted by Gasteiger charge is -2.30.